The molecule has 9 heteroatoms. The van der Waals surface area contributed by atoms with Crippen molar-refractivity contribution in [2.24, 2.45) is 11.5 Å². The smallest absolute Gasteiger partial charge is 0.254 e. The summed E-state index contributed by atoms with van der Waals surface area (Å²) in [5.41, 5.74) is 12.5. The fourth-order valence-corrected chi connectivity index (χ4v) is 2.41. The van der Waals surface area contributed by atoms with Gasteiger partial charge in [-0.25, -0.2) is 4.98 Å². The van der Waals surface area contributed by atoms with Crippen LogP contribution in [0.1, 0.15) is 23.2 Å². The predicted octanol–water partition coefficient (Wildman–Crippen LogP) is 0.815. The number of rotatable bonds is 8. The first kappa shape index (κ1) is 17.5. The van der Waals surface area contributed by atoms with Crippen molar-refractivity contribution < 1.29 is 9.59 Å². The molecule has 1 aliphatic carbocycles. The number of anilines is 4. The molecule has 0 radical (unpaired) electrons. The molecule has 6 N–H and O–H groups in total. The van der Waals surface area contributed by atoms with Gasteiger partial charge in [0.2, 0.25) is 11.9 Å². The van der Waals surface area contributed by atoms with Gasteiger partial charge in [-0.1, -0.05) is 0 Å². The number of nitrogens with two attached hydrogens (primary N) is 2. The number of likely N-dealkylation sites (N-methyl/N-ethyl adjacent to an activating group) is 1. The highest BCUT2D eigenvalue weighted by atomic mass is 16.1. The van der Waals surface area contributed by atoms with Crippen molar-refractivity contribution in [3.8, 4) is 0 Å². The van der Waals surface area contributed by atoms with Gasteiger partial charge >= 0.3 is 0 Å². The second-order valence-electron chi connectivity index (χ2n) is 6.23. The summed E-state index contributed by atoms with van der Waals surface area (Å²) in [6, 6.07) is 7.72. The Kier molecular flexibility index (Phi) is 4.87. The minimum Gasteiger partial charge on any atom is -0.368 e. The van der Waals surface area contributed by atoms with Gasteiger partial charge in [-0.3, -0.25) is 9.59 Å². The molecule has 1 aromatic carbocycles. The van der Waals surface area contributed by atoms with Crippen LogP contribution in [0.3, 0.4) is 0 Å². The molecule has 1 aliphatic rings. The topological polar surface area (TPSA) is 139 Å². The zero-order valence-corrected chi connectivity index (χ0v) is 14.4. The highest BCUT2D eigenvalue weighted by Crippen LogP contribution is 2.26. The molecule has 0 unspecified atom stereocenters. The standard InChI is InChI=1S/C17H21N7O2/c1-24(9-14(18)25)12-6-4-11(5-7-12)22-17-20-8-13(15(19)26)16(23-17)21-10-2-3-10/h4-8,10H,2-3,9H2,1H3,(H2,18,25)(H2,19,26)(H2,20,21,22,23). The molecule has 1 heterocycles. The van der Waals surface area contributed by atoms with Gasteiger partial charge in [-0.2, -0.15) is 4.98 Å². The van der Waals surface area contributed by atoms with Crippen molar-refractivity contribution in [2.75, 3.05) is 29.1 Å². The number of benzene rings is 1. The van der Waals surface area contributed by atoms with Crippen LogP contribution >= 0.6 is 0 Å². The SMILES string of the molecule is CN(CC(N)=O)c1ccc(Nc2ncc(C(N)=O)c(NC3CC3)n2)cc1. The Balaban J connectivity index is 1.73. The van der Waals surface area contributed by atoms with E-state index in [4.69, 9.17) is 11.5 Å². The lowest BCUT2D eigenvalue weighted by atomic mass is 10.2. The number of nitrogens with zero attached hydrogens (tertiary/aromatic N) is 3. The lowest BCUT2D eigenvalue weighted by Crippen LogP contribution is -2.30. The Labute approximate surface area is 150 Å². The molecule has 1 saturated carbocycles. The van der Waals surface area contributed by atoms with Gasteiger partial charge in [0.05, 0.1) is 12.1 Å². The zero-order chi connectivity index (χ0) is 18.7. The molecule has 26 heavy (non-hydrogen) atoms. The summed E-state index contributed by atoms with van der Waals surface area (Å²) in [5, 5.41) is 6.28. The summed E-state index contributed by atoms with van der Waals surface area (Å²) in [6.45, 7) is 0.140. The number of primary amides is 2. The molecule has 2 aromatic rings. The minimum atomic E-state index is -0.568. The first-order valence-electron chi connectivity index (χ1n) is 8.22. The average Bonchev–Trinajstić information content (AvgIpc) is 3.39. The van der Waals surface area contributed by atoms with Gasteiger partial charge in [0, 0.05) is 30.7 Å². The van der Waals surface area contributed by atoms with Gasteiger partial charge < -0.3 is 27.0 Å². The number of amides is 2. The quantitative estimate of drug-likeness (QED) is 0.549. The third-order valence-corrected chi connectivity index (χ3v) is 3.93. The van der Waals surface area contributed by atoms with Gasteiger partial charge in [0.1, 0.15) is 5.82 Å². The van der Waals surface area contributed by atoms with Crippen molar-refractivity contribution in [2.45, 2.75) is 18.9 Å². The van der Waals surface area contributed by atoms with Crippen LogP contribution in [-0.2, 0) is 4.79 Å². The van der Waals surface area contributed by atoms with Crippen molar-refractivity contribution >= 4 is 35.0 Å². The van der Waals surface area contributed by atoms with Crippen LogP contribution in [-0.4, -0.2) is 41.4 Å². The van der Waals surface area contributed by atoms with Gasteiger partial charge in [-0.05, 0) is 37.1 Å². The van der Waals surface area contributed by atoms with E-state index in [-0.39, 0.29) is 12.1 Å². The van der Waals surface area contributed by atoms with Crippen molar-refractivity contribution in [1.82, 2.24) is 9.97 Å². The number of carbonyl (C=O) groups excluding carboxylic acids is 2. The van der Waals surface area contributed by atoms with Gasteiger partial charge in [0.15, 0.2) is 0 Å². The maximum Gasteiger partial charge on any atom is 0.254 e. The number of hydrogen-bond acceptors (Lipinski definition) is 7. The maximum absolute atomic E-state index is 11.5. The van der Waals surface area contributed by atoms with Crippen LogP contribution in [0.2, 0.25) is 0 Å². The van der Waals surface area contributed by atoms with E-state index in [1.165, 1.54) is 6.20 Å². The molecule has 9 nitrogen and oxygen atoms in total. The van der Waals surface area contributed by atoms with Crippen LogP contribution in [0.5, 0.6) is 0 Å². The van der Waals surface area contributed by atoms with E-state index in [2.05, 4.69) is 20.6 Å². The largest absolute Gasteiger partial charge is 0.368 e. The second-order valence-corrected chi connectivity index (χ2v) is 6.23. The molecule has 0 spiro atoms. The normalized spacial score (nSPS) is 13.1. The molecule has 0 aliphatic heterocycles. The van der Waals surface area contributed by atoms with E-state index in [1.807, 2.05) is 24.3 Å². The fourth-order valence-electron chi connectivity index (χ4n) is 2.41. The Morgan fingerprint density at radius 2 is 1.92 bits per heavy atom. The Morgan fingerprint density at radius 3 is 2.50 bits per heavy atom. The summed E-state index contributed by atoms with van der Waals surface area (Å²) in [5.74, 6) is -0.165. The summed E-state index contributed by atoms with van der Waals surface area (Å²) < 4.78 is 0. The number of carbonyl (C=O) groups is 2. The molecule has 1 fully saturated rings. The lowest BCUT2D eigenvalue weighted by molar-refractivity contribution is -0.116. The van der Waals surface area contributed by atoms with Gasteiger partial charge in [0.25, 0.3) is 5.91 Å². The molecular formula is C17H21N7O2. The van der Waals surface area contributed by atoms with E-state index in [9.17, 15) is 9.59 Å². The number of nitrogens with one attached hydrogen (secondary N) is 2. The van der Waals surface area contributed by atoms with Crippen molar-refractivity contribution in [1.29, 1.82) is 0 Å². The lowest BCUT2D eigenvalue weighted by Gasteiger charge is -2.17. The van der Waals surface area contributed by atoms with E-state index in [0.717, 1.165) is 24.2 Å². The fraction of sp³-hybridized carbons (Fsp3) is 0.294. The van der Waals surface area contributed by atoms with Crippen LogP contribution in [0, 0.1) is 0 Å². The highest BCUT2D eigenvalue weighted by molar-refractivity contribution is 5.97. The highest BCUT2D eigenvalue weighted by Gasteiger charge is 2.24. The van der Waals surface area contributed by atoms with Crippen LogP contribution in [0.25, 0.3) is 0 Å². The van der Waals surface area contributed by atoms with E-state index >= 15 is 0 Å². The predicted molar refractivity (Wildman–Crippen MR) is 99.4 cm³/mol. The maximum atomic E-state index is 11.5. The van der Waals surface area contributed by atoms with E-state index in [1.54, 1.807) is 11.9 Å². The molecule has 1 aromatic heterocycles. The van der Waals surface area contributed by atoms with Crippen LogP contribution in [0.15, 0.2) is 30.5 Å². The Hall–Kier alpha value is -3.36. The molecular weight excluding hydrogens is 334 g/mol. The Bertz CT molecular complexity index is 818. The zero-order valence-electron chi connectivity index (χ0n) is 14.4. The molecule has 2 amide bonds. The minimum absolute atomic E-state index is 0.140. The number of aromatic nitrogens is 2. The molecule has 0 saturated heterocycles. The Morgan fingerprint density at radius 1 is 1.23 bits per heavy atom. The van der Waals surface area contributed by atoms with Crippen molar-refractivity contribution in [3.05, 3.63) is 36.0 Å². The molecule has 3 rings (SSSR count). The van der Waals surface area contributed by atoms with Crippen molar-refractivity contribution in [3.63, 3.8) is 0 Å². The summed E-state index contributed by atoms with van der Waals surface area (Å²) >= 11 is 0. The molecule has 0 atom stereocenters. The monoisotopic (exact) mass is 355 g/mol. The van der Waals surface area contributed by atoms with E-state index in [0.29, 0.717) is 17.8 Å². The summed E-state index contributed by atoms with van der Waals surface area (Å²) in [4.78, 5) is 32.8. The molecule has 136 valence electrons. The summed E-state index contributed by atoms with van der Waals surface area (Å²) in [6.07, 6.45) is 3.51. The third-order valence-electron chi connectivity index (χ3n) is 3.93. The number of hydrogen-bond donors (Lipinski definition) is 4. The molecule has 0 bridgehead atoms. The van der Waals surface area contributed by atoms with Crippen LogP contribution in [0.4, 0.5) is 23.1 Å². The average molecular weight is 355 g/mol. The first-order chi connectivity index (χ1) is 12.4. The first-order valence-corrected chi connectivity index (χ1v) is 8.22. The second kappa shape index (κ2) is 7.26. The van der Waals surface area contributed by atoms with E-state index < -0.39 is 11.8 Å². The van der Waals surface area contributed by atoms with Crippen LogP contribution < -0.4 is 27.0 Å². The summed E-state index contributed by atoms with van der Waals surface area (Å²) in [7, 11) is 1.79. The van der Waals surface area contributed by atoms with Gasteiger partial charge in [-0.15, -0.1) is 0 Å². The third kappa shape index (κ3) is 4.38.